The summed E-state index contributed by atoms with van der Waals surface area (Å²) in [6.07, 6.45) is 0.886. The summed E-state index contributed by atoms with van der Waals surface area (Å²) < 4.78 is 0.854. The standard InChI is InChI=1S/C14H18BrN3O2/c1-3-7-16-13(19)8(2)17-12-11-9(15)5-4-6-10(11)18-14(12)20/h4-6,8,12,17H,3,7H2,1-2H3,(H,16,19)(H,18,20). The minimum absolute atomic E-state index is 0.0971. The maximum absolute atomic E-state index is 12.0. The molecular weight excluding hydrogens is 322 g/mol. The third-order valence-electron chi connectivity index (χ3n) is 3.22. The van der Waals surface area contributed by atoms with Crippen molar-refractivity contribution in [1.29, 1.82) is 0 Å². The second-order valence-corrected chi connectivity index (χ2v) is 5.66. The van der Waals surface area contributed by atoms with Crippen molar-refractivity contribution in [3.05, 3.63) is 28.2 Å². The van der Waals surface area contributed by atoms with Gasteiger partial charge in [0.15, 0.2) is 0 Å². The van der Waals surface area contributed by atoms with E-state index in [0.29, 0.717) is 6.54 Å². The lowest BCUT2D eigenvalue weighted by Crippen LogP contribution is -2.45. The Morgan fingerprint density at radius 3 is 2.95 bits per heavy atom. The minimum atomic E-state index is -0.511. The summed E-state index contributed by atoms with van der Waals surface area (Å²) in [6, 6.07) is 4.65. The number of benzene rings is 1. The van der Waals surface area contributed by atoms with E-state index < -0.39 is 12.1 Å². The molecule has 0 bridgehead atoms. The number of carbonyl (C=O) groups is 2. The number of rotatable bonds is 5. The van der Waals surface area contributed by atoms with Gasteiger partial charge in [-0.15, -0.1) is 0 Å². The lowest BCUT2D eigenvalue weighted by molar-refractivity contribution is -0.123. The van der Waals surface area contributed by atoms with E-state index in [9.17, 15) is 9.59 Å². The number of hydrogen-bond acceptors (Lipinski definition) is 3. The monoisotopic (exact) mass is 339 g/mol. The number of carbonyl (C=O) groups excluding carboxylic acids is 2. The highest BCUT2D eigenvalue weighted by atomic mass is 79.9. The van der Waals surface area contributed by atoms with Crippen molar-refractivity contribution in [2.45, 2.75) is 32.4 Å². The van der Waals surface area contributed by atoms with Gasteiger partial charge in [0.1, 0.15) is 6.04 Å². The van der Waals surface area contributed by atoms with E-state index in [0.717, 1.165) is 22.1 Å². The Kier molecular flexibility index (Phi) is 4.77. The molecule has 1 aromatic carbocycles. The number of nitrogens with one attached hydrogen (secondary N) is 3. The van der Waals surface area contributed by atoms with Crippen LogP contribution >= 0.6 is 15.9 Å². The molecule has 0 radical (unpaired) electrons. The van der Waals surface area contributed by atoms with Gasteiger partial charge in [-0.2, -0.15) is 0 Å². The molecule has 0 saturated heterocycles. The Balaban J connectivity index is 2.11. The van der Waals surface area contributed by atoms with Gasteiger partial charge in [-0.05, 0) is 25.5 Å². The molecule has 1 heterocycles. The highest BCUT2D eigenvalue weighted by Gasteiger charge is 2.34. The zero-order valence-electron chi connectivity index (χ0n) is 11.5. The van der Waals surface area contributed by atoms with Crippen molar-refractivity contribution < 1.29 is 9.59 Å². The Labute approximate surface area is 126 Å². The van der Waals surface area contributed by atoms with Gasteiger partial charge in [-0.1, -0.05) is 28.9 Å². The van der Waals surface area contributed by atoms with Crippen LogP contribution in [-0.4, -0.2) is 24.4 Å². The topological polar surface area (TPSA) is 70.2 Å². The van der Waals surface area contributed by atoms with Crippen LogP contribution in [0.3, 0.4) is 0 Å². The van der Waals surface area contributed by atoms with Crippen molar-refractivity contribution >= 4 is 33.4 Å². The molecular formula is C14H18BrN3O2. The van der Waals surface area contributed by atoms with Crippen LogP contribution in [0.2, 0.25) is 0 Å². The van der Waals surface area contributed by atoms with Crippen molar-refractivity contribution in [1.82, 2.24) is 10.6 Å². The van der Waals surface area contributed by atoms with Crippen LogP contribution in [0.25, 0.3) is 0 Å². The van der Waals surface area contributed by atoms with Gasteiger partial charge in [-0.3, -0.25) is 14.9 Å². The maximum atomic E-state index is 12.0. The van der Waals surface area contributed by atoms with Gasteiger partial charge in [0.25, 0.3) is 0 Å². The largest absolute Gasteiger partial charge is 0.355 e. The van der Waals surface area contributed by atoms with Crippen molar-refractivity contribution in [3.63, 3.8) is 0 Å². The molecule has 2 rings (SSSR count). The van der Waals surface area contributed by atoms with Gasteiger partial charge < -0.3 is 10.6 Å². The second-order valence-electron chi connectivity index (χ2n) is 4.80. The molecule has 2 atom stereocenters. The van der Waals surface area contributed by atoms with E-state index >= 15 is 0 Å². The molecule has 2 amide bonds. The highest BCUT2D eigenvalue weighted by Crippen LogP contribution is 2.36. The maximum Gasteiger partial charge on any atom is 0.246 e. The second kappa shape index (κ2) is 6.37. The lowest BCUT2D eigenvalue weighted by Gasteiger charge is -2.18. The number of hydrogen-bond donors (Lipinski definition) is 3. The molecule has 2 unspecified atom stereocenters. The molecule has 0 aromatic heterocycles. The Bertz CT molecular complexity index is 533. The molecule has 5 nitrogen and oxygen atoms in total. The van der Waals surface area contributed by atoms with Gasteiger partial charge in [0.05, 0.1) is 6.04 Å². The Morgan fingerprint density at radius 2 is 2.25 bits per heavy atom. The first kappa shape index (κ1) is 15.0. The highest BCUT2D eigenvalue weighted by molar-refractivity contribution is 9.10. The predicted molar refractivity (Wildman–Crippen MR) is 81.4 cm³/mol. The van der Waals surface area contributed by atoms with Gasteiger partial charge in [0, 0.05) is 22.3 Å². The minimum Gasteiger partial charge on any atom is -0.355 e. The fourth-order valence-corrected chi connectivity index (χ4v) is 2.76. The third kappa shape index (κ3) is 3.02. The first-order valence-electron chi connectivity index (χ1n) is 6.67. The van der Waals surface area contributed by atoms with E-state index in [1.807, 2.05) is 25.1 Å². The van der Waals surface area contributed by atoms with E-state index in [-0.39, 0.29) is 11.8 Å². The number of amides is 2. The van der Waals surface area contributed by atoms with E-state index in [1.54, 1.807) is 6.92 Å². The van der Waals surface area contributed by atoms with E-state index in [1.165, 1.54) is 0 Å². The van der Waals surface area contributed by atoms with Crippen LogP contribution in [0, 0.1) is 0 Å². The summed E-state index contributed by atoms with van der Waals surface area (Å²) in [5.41, 5.74) is 1.63. The average Bonchev–Trinajstić information content (AvgIpc) is 2.73. The van der Waals surface area contributed by atoms with Crippen LogP contribution < -0.4 is 16.0 Å². The SMILES string of the molecule is CCCNC(=O)C(C)NC1C(=O)Nc2cccc(Br)c21. The van der Waals surface area contributed by atoms with Crippen molar-refractivity contribution in [2.24, 2.45) is 0 Å². The van der Waals surface area contributed by atoms with Crippen LogP contribution in [0.1, 0.15) is 31.9 Å². The van der Waals surface area contributed by atoms with Crippen LogP contribution in [0.4, 0.5) is 5.69 Å². The summed E-state index contributed by atoms with van der Waals surface area (Å²) in [4.78, 5) is 23.9. The average molecular weight is 340 g/mol. The van der Waals surface area contributed by atoms with E-state index in [2.05, 4.69) is 31.9 Å². The molecule has 6 heteroatoms. The predicted octanol–water partition coefficient (Wildman–Crippen LogP) is 1.95. The molecule has 20 heavy (non-hydrogen) atoms. The van der Waals surface area contributed by atoms with Crippen LogP contribution in [0.5, 0.6) is 0 Å². The number of fused-ring (bicyclic) bond motifs is 1. The quantitative estimate of drug-likeness (QED) is 0.767. The Hall–Kier alpha value is -1.40. The van der Waals surface area contributed by atoms with Gasteiger partial charge in [0.2, 0.25) is 11.8 Å². The molecule has 1 aliphatic rings. The summed E-state index contributed by atoms with van der Waals surface area (Å²) in [5.74, 6) is -0.234. The van der Waals surface area contributed by atoms with Gasteiger partial charge >= 0.3 is 0 Å². The summed E-state index contributed by atoms with van der Waals surface area (Å²) >= 11 is 3.45. The summed E-state index contributed by atoms with van der Waals surface area (Å²) in [7, 11) is 0. The lowest BCUT2D eigenvalue weighted by atomic mass is 10.1. The molecule has 0 saturated carbocycles. The molecule has 0 fully saturated rings. The fourth-order valence-electron chi connectivity index (χ4n) is 2.16. The summed E-state index contributed by atoms with van der Waals surface area (Å²) in [5, 5.41) is 8.71. The van der Waals surface area contributed by atoms with Crippen LogP contribution in [0.15, 0.2) is 22.7 Å². The molecule has 1 aromatic rings. The van der Waals surface area contributed by atoms with Crippen LogP contribution in [-0.2, 0) is 9.59 Å². The zero-order valence-corrected chi connectivity index (χ0v) is 13.1. The fraction of sp³-hybridized carbons (Fsp3) is 0.429. The molecule has 1 aliphatic heterocycles. The number of halogens is 1. The van der Waals surface area contributed by atoms with Crippen molar-refractivity contribution in [2.75, 3.05) is 11.9 Å². The molecule has 0 spiro atoms. The number of anilines is 1. The normalized spacial score (nSPS) is 18.4. The third-order valence-corrected chi connectivity index (χ3v) is 3.91. The molecule has 3 N–H and O–H groups in total. The summed E-state index contributed by atoms with van der Waals surface area (Å²) in [6.45, 7) is 4.39. The van der Waals surface area contributed by atoms with Crippen molar-refractivity contribution in [3.8, 4) is 0 Å². The first-order chi connectivity index (χ1) is 9.54. The first-order valence-corrected chi connectivity index (χ1v) is 7.47. The zero-order chi connectivity index (χ0) is 14.7. The smallest absolute Gasteiger partial charge is 0.246 e. The molecule has 0 aliphatic carbocycles. The van der Waals surface area contributed by atoms with E-state index in [4.69, 9.17) is 0 Å². The Morgan fingerprint density at radius 1 is 1.50 bits per heavy atom. The molecule has 108 valence electrons. The van der Waals surface area contributed by atoms with Gasteiger partial charge in [-0.25, -0.2) is 0 Å².